The van der Waals surface area contributed by atoms with Gasteiger partial charge in [0.1, 0.15) is 0 Å². The first-order valence-corrected chi connectivity index (χ1v) is 5.93. The summed E-state index contributed by atoms with van der Waals surface area (Å²) in [6, 6.07) is 0.409. The molecule has 6 heteroatoms. The van der Waals surface area contributed by atoms with Gasteiger partial charge in [0.15, 0.2) is 5.13 Å². The van der Waals surface area contributed by atoms with E-state index in [0.29, 0.717) is 11.7 Å². The molecule has 1 unspecified atom stereocenters. The highest BCUT2D eigenvalue weighted by atomic mass is 32.1. The smallest absolute Gasteiger partial charge is 0.309 e. The lowest BCUT2D eigenvalue weighted by atomic mass is 10.3. The maximum atomic E-state index is 10.5. The minimum atomic E-state index is -0.849. The summed E-state index contributed by atoms with van der Waals surface area (Å²) in [5.41, 5.74) is 0.609. The highest BCUT2D eigenvalue weighted by molar-refractivity contribution is 7.13. The van der Waals surface area contributed by atoms with Crippen LogP contribution >= 0.6 is 11.3 Å². The van der Waals surface area contributed by atoms with Gasteiger partial charge in [0.05, 0.1) is 12.1 Å². The van der Waals surface area contributed by atoms with Crippen LogP contribution in [0.4, 0.5) is 5.13 Å². The van der Waals surface area contributed by atoms with Crippen LogP contribution in [-0.4, -0.2) is 47.6 Å². The van der Waals surface area contributed by atoms with Crippen LogP contribution in [0.2, 0.25) is 0 Å². The molecule has 0 spiro atoms. The van der Waals surface area contributed by atoms with E-state index in [1.54, 1.807) is 5.38 Å². The van der Waals surface area contributed by atoms with E-state index in [0.717, 1.165) is 11.7 Å². The second-order valence-electron chi connectivity index (χ2n) is 3.91. The molecule has 1 rings (SSSR count). The molecule has 0 aliphatic carbocycles. The Bertz CT molecular complexity index is 352. The van der Waals surface area contributed by atoms with Crippen LogP contribution in [0.1, 0.15) is 12.6 Å². The molecule has 0 amide bonds. The first-order chi connectivity index (χ1) is 7.49. The van der Waals surface area contributed by atoms with E-state index in [1.807, 2.05) is 14.1 Å². The maximum absolute atomic E-state index is 10.5. The molecule has 5 nitrogen and oxygen atoms in total. The Labute approximate surface area is 99.1 Å². The zero-order valence-electron chi connectivity index (χ0n) is 9.73. The topological polar surface area (TPSA) is 65.5 Å². The Morgan fingerprint density at radius 3 is 2.94 bits per heavy atom. The quantitative estimate of drug-likeness (QED) is 0.784. The minimum Gasteiger partial charge on any atom is -0.481 e. The van der Waals surface area contributed by atoms with Gasteiger partial charge in [0.25, 0.3) is 0 Å². The van der Waals surface area contributed by atoms with E-state index in [4.69, 9.17) is 5.11 Å². The van der Waals surface area contributed by atoms with E-state index in [1.165, 1.54) is 11.3 Å². The van der Waals surface area contributed by atoms with E-state index < -0.39 is 5.97 Å². The monoisotopic (exact) mass is 243 g/mol. The molecule has 1 atom stereocenters. The van der Waals surface area contributed by atoms with Crippen molar-refractivity contribution in [3.63, 3.8) is 0 Å². The summed E-state index contributed by atoms with van der Waals surface area (Å²) in [5.74, 6) is -0.849. The maximum Gasteiger partial charge on any atom is 0.309 e. The highest BCUT2D eigenvalue weighted by Gasteiger charge is 2.08. The molecule has 0 radical (unpaired) electrons. The van der Waals surface area contributed by atoms with Crippen molar-refractivity contribution in [1.29, 1.82) is 0 Å². The second-order valence-corrected chi connectivity index (χ2v) is 4.77. The Hall–Kier alpha value is -1.14. The number of rotatable bonds is 6. The predicted octanol–water partition coefficient (Wildman–Crippen LogP) is 1.13. The number of thiazole rings is 1. The minimum absolute atomic E-state index is 0.0125. The molecular weight excluding hydrogens is 226 g/mol. The van der Waals surface area contributed by atoms with E-state index in [9.17, 15) is 4.79 Å². The van der Waals surface area contributed by atoms with E-state index in [-0.39, 0.29) is 6.42 Å². The number of anilines is 1. The SMILES string of the molecule is CC(CNc1nc(CC(=O)O)cs1)N(C)C. The van der Waals surface area contributed by atoms with Crippen LogP contribution in [0.5, 0.6) is 0 Å². The molecule has 1 heterocycles. The average Bonchev–Trinajstić information content (AvgIpc) is 2.60. The van der Waals surface area contributed by atoms with Gasteiger partial charge in [0, 0.05) is 18.0 Å². The Morgan fingerprint density at radius 2 is 2.38 bits per heavy atom. The molecule has 0 aromatic carbocycles. The third-order valence-electron chi connectivity index (χ3n) is 2.31. The van der Waals surface area contributed by atoms with Gasteiger partial charge in [-0.25, -0.2) is 4.98 Å². The average molecular weight is 243 g/mol. The molecule has 0 aliphatic heterocycles. The number of carboxylic acids is 1. The molecule has 1 aromatic rings. The van der Waals surface area contributed by atoms with Crippen LogP contribution in [0.25, 0.3) is 0 Å². The number of aromatic nitrogens is 1. The Morgan fingerprint density at radius 1 is 1.69 bits per heavy atom. The summed E-state index contributed by atoms with van der Waals surface area (Å²) >= 11 is 1.44. The normalized spacial score (nSPS) is 12.8. The highest BCUT2D eigenvalue weighted by Crippen LogP contribution is 2.15. The van der Waals surface area contributed by atoms with Gasteiger partial charge < -0.3 is 15.3 Å². The van der Waals surface area contributed by atoms with Crippen molar-refractivity contribution >= 4 is 22.4 Å². The van der Waals surface area contributed by atoms with Gasteiger partial charge in [-0.15, -0.1) is 11.3 Å². The lowest BCUT2D eigenvalue weighted by Crippen LogP contribution is -2.31. The number of likely N-dealkylation sites (N-methyl/N-ethyl adjacent to an activating group) is 1. The zero-order chi connectivity index (χ0) is 12.1. The summed E-state index contributed by atoms with van der Waals surface area (Å²) in [6.07, 6.45) is -0.0125. The van der Waals surface area contributed by atoms with Crippen LogP contribution in [0.3, 0.4) is 0 Å². The van der Waals surface area contributed by atoms with Crippen LogP contribution in [0, 0.1) is 0 Å². The summed E-state index contributed by atoms with van der Waals surface area (Å²) in [5, 5.41) is 14.4. The summed E-state index contributed by atoms with van der Waals surface area (Å²) < 4.78 is 0. The predicted molar refractivity (Wildman–Crippen MR) is 65.1 cm³/mol. The van der Waals surface area contributed by atoms with Crippen LogP contribution < -0.4 is 5.32 Å². The fraction of sp³-hybridized carbons (Fsp3) is 0.600. The standard InChI is InChI=1S/C10H17N3O2S/c1-7(13(2)3)5-11-10-12-8(6-16-10)4-9(14)15/h6-7H,4-5H2,1-3H3,(H,11,12)(H,14,15). The summed E-state index contributed by atoms with van der Waals surface area (Å²) in [4.78, 5) is 16.8. The summed E-state index contributed by atoms with van der Waals surface area (Å²) in [6.45, 7) is 2.91. The number of nitrogens with zero attached hydrogens (tertiary/aromatic N) is 2. The van der Waals surface area contributed by atoms with Gasteiger partial charge in [-0.2, -0.15) is 0 Å². The van der Waals surface area contributed by atoms with Crippen molar-refractivity contribution in [3.8, 4) is 0 Å². The van der Waals surface area contributed by atoms with Gasteiger partial charge >= 0.3 is 5.97 Å². The number of hydrogen-bond acceptors (Lipinski definition) is 5. The molecule has 2 N–H and O–H groups in total. The third kappa shape index (κ3) is 4.16. The van der Waals surface area contributed by atoms with Gasteiger partial charge in [-0.3, -0.25) is 4.79 Å². The number of aliphatic carboxylic acids is 1. The van der Waals surface area contributed by atoms with Crippen molar-refractivity contribution in [2.24, 2.45) is 0 Å². The number of carbonyl (C=O) groups is 1. The van der Waals surface area contributed by atoms with Crippen molar-refractivity contribution in [2.45, 2.75) is 19.4 Å². The number of nitrogens with one attached hydrogen (secondary N) is 1. The first-order valence-electron chi connectivity index (χ1n) is 5.05. The molecule has 0 aliphatic rings. The fourth-order valence-corrected chi connectivity index (χ4v) is 1.76. The zero-order valence-corrected chi connectivity index (χ0v) is 10.5. The van der Waals surface area contributed by atoms with Crippen molar-refractivity contribution in [1.82, 2.24) is 9.88 Å². The summed E-state index contributed by atoms with van der Waals surface area (Å²) in [7, 11) is 4.04. The van der Waals surface area contributed by atoms with Gasteiger partial charge in [-0.1, -0.05) is 0 Å². The molecule has 1 aromatic heterocycles. The van der Waals surface area contributed by atoms with Crippen molar-refractivity contribution < 1.29 is 9.90 Å². The lowest BCUT2D eigenvalue weighted by molar-refractivity contribution is -0.136. The van der Waals surface area contributed by atoms with E-state index in [2.05, 4.69) is 22.1 Å². The van der Waals surface area contributed by atoms with Crippen molar-refractivity contribution in [2.75, 3.05) is 26.0 Å². The van der Waals surface area contributed by atoms with Crippen molar-refractivity contribution in [3.05, 3.63) is 11.1 Å². The third-order valence-corrected chi connectivity index (χ3v) is 3.16. The van der Waals surface area contributed by atoms with Gasteiger partial charge in [-0.05, 0) is 21.0 Å². The molecular formula is C10H17N3O2S. The van der Waals surface area contributed by atoms with E-state index >= 15 is 0 Å². The molecule has 0 saturated carbocycles. The first kappa shape index (κ1) is 12.9. The fourth-order valence-electron chi connectivity index (χ4n) is 1.04. The lowest BCUT2D eigenvalue weighted by Gasteiger charge is -2.19. The van der Waals surface area contributed by atoms with Gasteiger partial charge in [0.2, 0.25) is 0 Å². The Kier molecular flexibility index (Phi) is 4.70. The van der Waals surface area contributed by atoms with Crippen LogP contribution in [0.15, 0.2) is 5.38 Å². The molecule has 90 valence electrons. The largest absolute Gasteiger partial charge is 0.481 e. The number of hydrogen-bond donors (Lipinski definition) is 2. The molecule has 0 saturated heterocycles. The second kappa shape index (κ2) is 5.81. The molecule has 0 bridgehead atoms. The number of carboxylic acid groups (broad SMARTS) is 1. The Balaban J connectivity index is 2.43. The molecule has 0 fully saturated rings. The molecule has 16 heavy (non-hydrogen) atoms. The van der Waals surface area contributed by atoms with Crippen LogP contribution in [-0.2, 0) is 11.2 Å².